The Labute approximate surface area is 105 Å². The predicted octanol–water partition coefficient (Wildman–Crippen LogP) is 0.393. The lowest BCUT2D eigenvalue weighted by Gasteiger charge is -2.25. The molecule has 2 aliphatic heterocycles. The molecule has 0 aliphatic carbocycles. The Hall–Kier alpha value is -0.160. The Bertz CT molecular complexity index is 199. The van der Waals surface area contributed by atoms with Crippen molar-refractivity contribution in [3.63, 3.8) is 0 Å². The van der Waals surface area contributed by atoms with Crippen LogP contribution in [0.5, 0.6) is 0 Å². The highest BCUT2D eigenvalue weighted by Gasteiger charge is 2.17. The van der Waals surface area contributed by atoms with Crippen molar-refractivity contribution >= 4 is 0 Å². The zero-order chi connectivity index (χ0) is 11.9. The molecule has 4 nitrogen and oxygen atoms in total. The highest BCUT2D eigenvalue weighted by atomic mass is 16.5. The average molecular weight is 241 g/mol. The molecule has 0 aromatic carbocycles. The first-order valence-corrected chi connectivity index (χ1v) is 7.08. The highest BCUT2D eigenvalue weighted by Crippen LogP contribution is 2.12. The molecule has 2 fully saturated rings. The minimum absolute atomic E-state index is 0.491. The van der Waals surface area contributed by atoms with E-state index in [-0.39, 0.29) is 0 Å². The van der Waals surface area contributed by atoms with E-state index in [1.54, 1.807) is 0 Å². The fraction of sp³-hybridized carbons (Fsp3) is 1.00. The van der Waals surface area contributed by atoms with Crippen LogP contribution >= 0.6 is 0 Å². The van der Waals surface area contributed by atoms with E-state index in [1.165, 1.54) is 52.0 Å². The number of hydrogen-bond acceptors (Lipinski definition) is 4. The molecule has 1 atom stereocenters. The first-order valence-electron chi connectivity index (χ1n) is 7.08. The smallest absolute Gasteiger partial charge is 0.0702 e. The summed E-state index contributed by atoms with van der Waals surface area (Å²) in [5.74, 6) is 0. The number of likely N-dealkylation sites (N-methyl/N-ethyl adjacent to an activating group) is 1. The van der Waals surface area contributed by atoms with Crippen LogP contribution in [0, 0.1) is 0 Å². The van der Waals surface area contributed by atoms with Gasteiger partial charge < -0.3 is 19.9 Å². The fourth-order valence-corrected chi connectivity index (χ4v) is 2.66. The van der Waals surface area contributed by atoms with E-state index in [0.29, 0.717) is 6.10 Å². The van der Waals surface area contributed by atoms with Gasteiger partial charge in [0, 0.05) is 39.3 Å². The van der Waals surface area contributed by atoms with Crippen LogP contribution in [0.4, 0.5) is 0 Å². The van der Waals surface area contributed by atoms with Gasteiger partial charge >= 0.3 is 0 Å². The van der Waals surface area contributed by atoms with Gasteiger partial charge in [-0.25, -0.2) is 0 Å². The molecule has 100 valence electrons. The van der Waals surface area contributed by atoms with Gasteiger partial charge in [-0.1, -0.05) is 0 Å². The van der Waals surface area contributed by atoms with Crippen LogP contribution < -0.4 is 5.32 Å². The molecule has 1 N–H and O–H groups in total. The van der Waals surface area contributed by atoms with E-state index in [2.05, 4.69) is 22.2 Å². The molecule has 4 heteroatoms. The Morgan fingerprint density at radius 2 is 2.24 bits per heavy atom. The third-order valence-corrected chi connectivity index (χ3v) is 3.77. The van der Waals surface area contributed by atoms with E-state index in [0.717, 1.165) is 19.7 Å². The van der Waals surface area contributed by atoms with Gasteiger partial charge in [0.15, 0.2) is 0 Å². The van der Waals surface area contributed by atoms with Gasteiger partial charge in [0.05, 0.1) is 6.10 Å². The van der Waals surface area contributed by atoms with Gasteiger partial charge in [0.2, 0.25) is 0 Å². The van der Waals surface area contributed by atoms with Crippen molar-refractivity contribution in [2.45, 2.75) is 25.4 Å². The molecule has 2 aliphatic rings. The second-order valence-corrected chi connectivity index (χ2v) is 5.34. The molecular weight excluding hydrogens is 214 g/mol. The minimum Gasteiger partial charge on any atom is -0.377 e. The molecule has 2 saturated heterocycles. The lowest BCUT2D eigenvalue weighted by Crippen LogP contribution is -2.38. The number of ether oxygens (including phenoxy) is 1. The van der Waals surface area contributed by atoms with Crippen molar-refractivity contribution in [1.29, 1.82) is 0 Å². The third-order valence-electron chi connectivity index (χ3n) is 3.77. The van der Waals surface area contributed by atoms with Crippen LogP contribution in [0.2, 0.25) is 0 Å². The van der Waals surface area contributed by atoms with Crippen molar-refractivity contribution in [2.75, 3.05) is 59.5 Å². The van der Waals surface area contributed by atoms with Crippen LogP contribution in [-0.2, 0) is 4.74 Å². The fourth-order valence-electron chi connectivity index (χ4n) is 2.66. The van der Waals surface area contributed by atoms with Gasteiger partial charge in [-0.2, -0.15) is 0 Å². The standard InChI is InChI=1S/C13H27N3O/c1-15(12-13-4-2-11-17-13)9-10-16-7-3-5-14-6-8-16/h13-14H,2-12H2,1H3. The summed E-state index contributed by atoms with van der Waals surface area (Å²) in [6.45, 7) is 9.22. The molecule has 1 unspecified atom stereocenters. The summed E-state index contributed by atoms with van der Waals surface area (Å²) in [7, 11) is 2.22. The van der Waals surface area contributed by atoms with Crippen molar-refractivity contribution < 1.29 is 4.74 Å². The molecule has 0 spiro atoms. The number of hydrogen-bond donors (Lipinski definition) is 1. The SMILES string of the molecule is CN(CCN1CCCNCC1)CC1CCCO1. The van der Waals surface area contributed by atoms with Gasteiger partial charge in [-0.05, 0) is 39.4 Å². The summed E-state index contributed by atoms with van der Waals surface area (Å²) in [4.78, 5) is 5.00. The van der Waals surface area contributed by atoms with Crippen LogP contribution in [-0.4, -0.2) is 75.4 Å². The first-order chi connectivity index (χ1) is 8.34. The predicted molar refractivity (Wildman–Crippen MR) is 70.4 cm³/mol. The van der Waals surface area contributed by atoms with Gasteiger partial charge in [0.25, 0.3) is 0 Å². The molecule has 2 rings (SSSR count). The van der Waals surface area contributed by atoms with E-state index >= 15 is 0 Å². The second kappa shape index (κ2) is 7.31. The molecular formula is C13H27N3O. The van der Waals surface area contributed by atoms with Crippen LogP contribution in [0.3, 0.4) is 0 Å². The maximum absolute atomic E-state index is 5.67. The first kappa shape index (κ1) is 13.3. The van der Waals surface area contributed by atoms with Crippen LogP contribution in [0.15, 0.2) is 0 Å². The summed E-state index contributed by atoms with van der Waals surface area (Å²) >= 11 is 0. The number of nitrogens with zero attached hydrogens (tertiary/aromatic N) is 2. The normalized spacial score (nSPS) is 27.5. The maximum Gasteiger partial charge on any atom is 0.0702 e. The monoisotopic (exact) mass is 241 g/mol. The molecule has 17 heavy (non-hydrogen) atoms. The lowest BCUT2D eigenvalue weighted by molar-refractivity contribution is 0.0780. The topological polar surface area (TPSA) is 27.7 Å². The van der Waals surface area contributed by atoms with E-state index in [4.69, 9.17) is 4.74 Å². The maximum atomic E-state index is 5.67. The van der Waals surface area contributed by atoms with Gasteiger partial charge in [0.1, 0.15) is 0 Å². The zero-order valence-corrected chi connectivity index (χ0v) is 11.2. The summed E-state index contributed by atoms with van der Waals surface area (Å²) in [5.41, 5.74) is 0. The van der Waals surface area contributed by atoms with E-state index in [9.17, 15) is 0 Å². The third kappa shape index (κ3) is 4.92. The summed E-state index contributed by atoms with van der Waals surface area (Å²) in [6, 6.07) is 0. The molecule has 0 radical (unpaired) electrons. The van der Waals surface area contributed by atoms with Crippen LogP contribution in [0.1, 0.15) is 19.3 Å². The number of nitrogens with one attached hydrogen (secondary N) is 1. The largest absolute Gasteiger partial charge is 0.377 e. The second-order valence-electron chi connectivity index (χ2n) is 5.34. The van der Waals surface area contributed by atoms with Gasteiger partial charge in [-0.15, -0.1) is 0 Å². The van der Waals surface area contributed by atoms with Gasteiger partial charge in [-0.3, -0.25) is 0 Å². The molecule has 0 bridgehead atoms. The molecule has 0 saturated carbocycles. The average Bonchev–Trinajstić information content (AvgIpc) is 2.68. The van der Waals surface area contributed by atoms with Crippen molar-refractivity contribution in [3.8, 4) is 0 Å². The zero-order valence-electron chi connectivity index (χ0n) is 11.2. The molecule has 0 amide bonds. The highest BCUT2D eigenvalue weighted by molar-refractivity contribution is 4.71. The van der Waals surface area contributed by atoms with Crippen molar-refractivity contribution in [3.05, 3.63) is 0 Å². The number of rotatable bonds is 5. The minimum atomic E-state index is 0.491. The van der Waals surface area contributed by atoms with E-state index < -0.39 is 0 Å². The lowest BCUT2D eigenvalue weighted by atomic mass is 10.2. The van der Waals surface area contributed by atoms with E-state index in [1.807, 2.05) is 0 Å². The molecule has 0 aromatic heterocycles. The summed E-state index contributed by atoms with van der Waals surface area (Å²) in [5, 5.41) is 3.45. The van der Waals surface area contributed by atoms with Crippen molar-refractivity contribution in [2.24, 2.45) is 0 Å². The van der Waals surface area contributed by atoms with Crippen molar-refractivity contribution in [1.82, 2.24) is 15.1 Å². The Balaban J connectivity index is 1.59. The van der Waals surface area contributed by atoms with Crippen LogP contribution in [0.25, 0.3) is 0 Å². The quantitative estimate of drug-likeness (QED) is 0.754. The molecule has 2 heterocycles. The summed E-state index contributed by atoms with van der Waals surface area (Å²) in [6.07, 6.45) is 4.27. The Morgan fingerprint density at radius 3 is 3.06 bits per heavy atom. The Morgan fingerprint density at radius 1 is 1.29 bits per heavy atom. The summed E-state index contributed by atoms with van der Waals surface area (Å²) < 4.78 is 5.67. The Kier molecular flexibility index (Phi) is 5.71. The molecule has 0 aromatic rings.